The van der Waals surface area contributed by atoms with Gasteiger partial charge in [-0.25, -0.2) is 4.98 Å². The van der Waals surface area contributed by atoms with Crippen molar-refractivity contribution in [2.75, 3.05) is 5.32 Å². The van der Waals surface area contributed by atoms with Gasteiger partial charge in [-0.05, 0) is 39.7 Å². The third kappa shape index (κ3) is 3.19. The van der Waals surface area contributed by atoms with Gasteiger partial charge in [-0.15, -0.1) is 0 Å². The van der Waals surface area contributed by atoms with Crippen molar-refractivity contribution >= 4 is 44.7 Å². The predicted molar refractivity (Wildman–Crippen MR) is 107 cm³/mol. The van der Waals surface area contributed by atoms with Crippen molar-refractivity contribution in [2.24, 2.45) is 0 Å². The van der Waals surface area contributed by atoms with E-state index in [0.717, 1.165) is 32.8 Å². The lowest BCUT2D eigenvalue weighted by molar-refractivity contribution is 0.282. The molecule has 5 nitrogen and oxygen atoms in total. The molecule has 0 radical (unpaired) electrons. The number of nitrogens with one attached hydrogen (secondary N) is 1. The number of hydrogen-bond donors (Lipinski definition) is 2. The highest BCUT2D eigenvalue weighted by molar-refractivity contribution is 9.10. The van der Waals surface area contributed by atoms with Gasteiger partial charge in [0, 0.05) is 22.3 Å². The van der Waals surface area contributed by atoms with Crippen molar-refractivity contribution in [1.82, 2.24) is 14.6 Å². The highest BCUT2D eigenvalue weighted by Gasteiger charge is 2.13. The van der Waals surface area contributed by atoms with Crippen LogP contribution in [-0.4, -0.2) is 19.7 Å². The van der Waals surface area contributed by atoms with Crippen LogP contribution in [0.2, 0.25) is 5.02 Å². The summed E-state index contributed by atoms with van der Waals surface area (Å²) in [5, 5.41) is 17.7. The molecule has 4 aromatic rings. The first-order valence-corrected chi connectivity index (χ1v) is 9.09. The van der Waals surface area contributed by atoms with Crippen LogP contribution in [0.3, 0.4) is 0 Å². The van der Waals surface area contributed by atoms with Crippen molar-refractivity contribution in [1.29, 1.82) is 0 Å². The van der Waals surface area contributed by atoms with Crippen LogP contribution in [0.15, 0.2) is 65.3 Å². The fourth-order valence-corrected chi connectivity index (χ4v) is 3.31. The Morgan fingerprint density at radius 1 is 1.12 bits per heavy atom. The van der Waals surface area contributed by atoms with Crippen LogP contribution >= 0.6 is 27.5 Å². The summed E-state index contributed by atoms with van der Waals surface area (Å²) in [5.74, 6) is 0.741. The van der Waals surface area contributed by atoms with E-state index < -0.39 is 0 Å². The summed E-state index contributed by atoms with van der Waals surface area (Å²) in [7, 11) is 0. The summed E-state index contributed by atoms with van der Waals surface area (Å²) in [6, 6.07) is 17.1. The quantitative estimate of drug-likeness (QED) is 0.477. The second-order valence-corrected chi connectivity index (χ2v) is 6.98. The molecule has 0 saturated heterocycles. The van der Waals surface area contributed by atoms with E-state index >= 15 is 0 Å². The largest absolute Gasteiger partial charge is 0.392 e. The third-order valence-corrected chi connectivity index (χ3v) is 4.85. The van der Waals surface area contributed by atoms with Crippen LogP contribution in [0.25, 0.3) is 16.9 Å². The standard InChI is InChI=1S/C19H14BrClN4O/c20-15-10-22-25-18(23-13-5-3-4-12(8-13)11-26)9-17(24-19(15)25)14-6-1-2-7-16(14)21/h1-10,23,26H,11H2. The van der Waals surface area contributed by atoms with Crippen LogP contribution in [-0.2, 0) is 6.61 Å². The molecule has 2 aromatic carbocycles. The summed E-state index contributed by atoms with van der Waals surface area (Å²) >= 11 is 9.85. The molecule has 0 unspecified atom stereocenters. The number of rotatable bonds is 4. The second-order valence-electron chi connectivity index (χ2n) is 5.72. The maximum Gasteiger partial charge on any atom is 0.172 e. The number of halogens is 2. The molecule has 4 rings (SSSR count). The highest BCUT2D eigenvalue weighted by Crippen LogP contribution is 2.31. The van der Waals surface area contributed by atoms with E-state index in [1.54, 1.807) is 10.7 Å². The molecule has 0 amide bonds. The molecule has 2 heterocycles. The molecule has 0 aliphatic carbocycles. The fraction of sp³-hybridized carbons (Fsp3) is 0.0526. The number of aliphatic hydroxyl groups is 1. The minimum atomic E-state index is -0.0144. The van der Waals surface area contributed by atoms with E-state index in [-0.39, 0.29) is 6.61 Å². The molecule has 0 atom stereocenters. The maximum atomic E-state index is 9.35. The first kappa shape index (κ1) is 17.0. The normalized spacial score (nSPS) is 11.0. The average Bonchev–Trinajstić information content (AvgIpc) is 3.03. The van der Waals surface area contributed by atoms with Crippen molar-refractivity contribution in [2.45, 2.75) is 6.61 Å². The van der Waals surface area contributed by atoms with Crippen LogP contribution in [0, 0.1) is 0 Å². The zero-order valence-corrected chi connectivity index (χ0v) is 15.9. The first-order valence-electron chi connectivity index (χ1n) is 7.92. The van der Waals surface area contributed by atoms with E-state index in [4.69, 9.17) is 16.6 Å². The zero-order valence-electron chi connectivity index (χ0n) is 13.5. The van der Waals surface area contributed by atoms with E-state index in [2.05, 4.69) is 26.3 Å². The van der Waals surface area contributed by atoms with Crippen molar-refractivity contribution in [3.05, 3.63) is 75.9 Å². The lowest BCUT2D eigenvalue weighted by Crippen LogP contribution is -2.03. The smallest absolute Gasteiger partial charge is 0.172 e. The molecule has 130 valence electrons. The lowest BCUT2D eigenvalue weighted by Gasteiger charge is -2.12. The minimum absolute atomic E-state index is 0.0144. The molecule has 0 aliphatic rings. The number of aliphatic hydroxyl groups excluding tert-OH is 1. The van der Waals surface area contributed by atoms with Gasteiger partial charge in [0.1, 0.15) is 5.82 Å². The lowest BCUT2D eigenvalue weighted by atomic mass is 10.1. The molecule has 2 aromatic heterocycles. The summed E-state index contributed by atoms with van der Waals surface area (Å²) in [6.07, 6.45) is 1.70. The molecule has 0 spiro atoms. The summed E-state index contributed by atoms with van der Waals surface area (Å²) < 4.78 is 2.51. The van der Waals surface area contributed by atoms with E-state index in [1.165, 1.54) is 0 Å². The predicted octanol–water partition coefficient (Wildman–Crippen LogP) is 5.05. The molecular formula is C19H14BrClN4O. The van der Waals surface area contributed by atoms with Gasteiger partial charge in [-0.1, -0.05) is 41.9 Å². The summed E-state index contributed by atoms with van der Waals surface area (Å²) in [6.45, 7) is -0.0144. The number of hydrogen-bond acceptors (Lipinski definition) is 4. The number of benzene rings is 2. The Morgan fingerprint density at radius 3 is 2.77 bits per heavy atom. The Labute approximate surface area is 163 Å². The van der Waals surface area contributed by atoms with Gasteiger partial charge in [-0.3, -0.25) is 0 Å². The van der Waals surface area contributed by atoms with E-state index in [1.807, 2.05) is 54.6 Å². The average molecular weight is 430 g/mol. The van der Waals surface area contributed by atoms with Crippen LogP contribution in [0.5, 0.6) is 0 Å². The summed E-state index contributed by atoms with van der Waals surface area (Å²) in [5.41, 5.74) is 3.94. The van der Waals surface area contributed by atoms with Crippen molar-refractivity contribution < 1.29 is 5.11 Å². The fourth-order valence-electron chi connectivity index (χ4n) is 2.73. The molecule has 0 aliphatic heterocycles. The van der Waals surface area contributed by atoms with Gasteiger partial charge in [0.25, 0.3) is 0 Å². The van der Waals surface area contributed by atoms with Gasteiger partial charge >= 0.3 is 0 Å². The molecule has 0 saturated carbocycles. The van der Waals surface area contributed by atoms with Crippen LogP contribution in [0.1, 0.15) is 5.56 Å². The van der Waals surface area contributed by atoms with Gasteiger partial charge in [0.2, 0.25) is 0 Å². The van der Waals surface area contributed by atoms with Crippen LogP contribution in [0.4, 0.5) is 11.5 Å². The highest BCUT2D eigenvalue weighted by atomic mass is 79.9. The molecule has 2 N–H and O–H groups in total. The Balaban J connectivity index is 1.86. The third-order valence-electron chi connectivity index (χ3n) is 3.96. The Bertz CT molecular complexity index is 1100. The van der Waals surface area contributed by atoms with Gasteiger partial charge < -0.3 is 10.4 Å². The van der Waals surface area contributed by atoms with Gasteiger partial charge in [-0.2, -0.15) is 9.61 Å². The van der Waals surface area contributed by atoms with E-state index in [9.17, 15) is 5.11 Å². The molecule has 0 fully saturated rings. The van der Waals surface area contributed by atoms with Crippen molar-refractivity contribution in [3.63, 3.8) is 0 Å². The molecule has 7 heteroatoms. The SMILES string of the molecule is OCc1cccc(Nc2cc(-c3ccccc3Cl)nc3c(Br)cnn23)c1. The van der Waals surface area contributed by atoms with Crippen molar-refractivity contribution in [3.8, 4) is 11.3 Å². The van der Waals surface area contributed by atoms with Gasteiger partial charge in [0.15, 0.2) is 5.65 Å². The van der Waals surface area contributed by atoms with Gasteiger partial charge in [0.05, 0.1) is 23.0 Å². The van der Waals surface area contributed by atoms with E-state index in [0.29, 0.717) is 10.7 Å². The molecule has 26 heavy (non-hydrogen) atoms. The number of fused-ring (bicyclic) bond motifs is 1. The molecule has 0 bridgehead atoms. The topological polar surface area (TPSA) is 62.5 Å². The van der Waals surface area contributed by atoms with Crippen LogP contribution < -0.4 is 5.32 Å². The number of aromatic nitrogens is 3. The molecular weight excluding hydrogens is 416 g/mol. The summed E-state index contributed by atoms with van der Waals surface area (Å²) in [4.78, 5) is 4.69. The monoisotopic (exact) mass is 428 g/mol. The first-order chi connectivity index (χ1) is 12.7. The number of anilines is 2. The Kier molecular flexibility index (Phi) is 4.63. The zero-order chi connectivity index (χ0) is 18.1. The minimum Gasteiger partial charge on any atom is -0.392 e. The Hall–Kier alpha value is -2.41. The second kappa shape index (κ2) is 7.07. The number of nitrogens with zero attached hydrogens (tertiary/aromatic N) is 3. The Morgan fingerprint density at radius 2 is 1.96 bits per heavy atom. The maximum absolute atomic E-state index is 9.35.